The number of carbonyl (C=O) groups is 1. The zero-order valence-electron chi connectivity index (χ0n) is 15.6. The fraction of sp³-hybridized carbons (Fsp3) is 0.286. The lowest BCUT2D eigenvalue weighted by molar-refractivity contribution is 0.102. The van der Waals surface area contributed by atoms with Crippen molar-refractivity contribution in [1.29, 1.82) is 0 Å². The number of hydrogen-bond acceptors (Lipinski definition) is 4. The van der Waals surface area contributed by atoms with Gasteiger partial charge in [0.05, 0.1) is 4.90 Å². The molecule has 2 aromatic carbocycles. The van der Waals surface area contributed by atoms with Crippen LogP contribution in [-0.4, -0.2) is 26.1 Å². The van der Waals surface area contributed by atoms with Crippen LogP contribution in [-0.2, 0) is 10.0 Å². The third-order valence-corrected chi connectivity index (χ3v) is 7.35. The van der Waals surface area contributed by atoms with Gasteiger partial charge in [0.1, 0.15) is 0 Å². The standard InChI is InChI=1S/C21H24N2O3S2/c1-2-15-22-28(25,26)20-13-7-16(8-14-20)21(24)23-17-9-11-19(12-10-17)27-18-5-3-4-6-18/h2,7-14,18,22H,1,3-6,15H2,(H,23,24). The minimum atomic E-state index is -3.59. The molecule has 3 rings (SSSR count). The van der Waals surface area contributed by atoms with E-state index >= 15 is 0 Å². The lowest BCUT2D eigenvalue weighted by Crippen LogP contribution is -2.23. The number of benzene rings is 2. The second-order valence-corrected chi connectivity index (χ2v) is 9.81. The number of carbonyl (C=O) groups excluding carboxylic acids is 1. The van der Waals surface area contributed by atoms with E-state index in [0.29, 0.717) is 16.5 Å². The van der Waals surface area contributed by atoms with Crippen molar-refractivity contribution in [2.45, 2.75) is 40.7 Å². The maximum Gasteiger partial charge on any atom is 0.255 e. The van der Waals surface area contributed by atoms with Gasteiger partial charge in [0.25, 0.3) is 5.91 Å². The average Bonchev–Trinajstić information content (AvgIpc) is 3.21. The molecule has 2 aromatic rings. The zero-order valence-corrected chi connectivity index (χ0v) is 17.2. The van der Waals surface area contributed by atoms with Gasteiger partial charge >= 0.3 is 0 Å². The van der Waals surface area contributed by atoms with Crippen LogP contribution in [0.5, 0.6) is 0 Å². The molecule has 0 atom stereocenters. The van der Waals surface area contributed by atoms with Gasteiger partial charge in [0, 0.05) is 27.9 Å². The number of nitrogens with one attached hydrogen (secondary N) is 2. The van der Waals surface area contributed by atoms with E-state index in [0.717, 1.165) is 0 Å². The first-order valence-corrected chi connectivity index (χ1v) is 11.6. The normalized spacial score (nSPS) is 14.7. The molecule has 5 nitrogen and oxygen atoms in total. The lowest BCUT2D eigenvalue weighted by atomic mass is 10.2. The molecule has 148 valence electrons. The quantitative estimate of drug-likeness (QED) is 0.624. The molecule has 0 aliphatic heterocycles. The van der Waals surface area contributed by atoms with Gasteiger partial charge in [-0.15, -0.1) is 18.3 Å². The van der Waals surface area contributed by atoms with Gasteiger partial charge in [0.2, 0.25) is 10.0 Å². The van der Waals surface area contributed by atoms with Gasteiger partial charge in [-0.3, -0.25) is 4.79 Å². The van der Waals surface area contributed by atoms with Crippen LogP contribution < -0.4 is 10.0 Å². The Balaban J connectivity index is 1.60. The maximum absolute atomic E-state index is 12.4. The van der Waals surface area contributed by atoms with Gasteiger partial charge < -0.3 is 5.32 Å². The molecule has 0 radical (unpaired) electrons. The highest BCUT2D eigenvalue weighted by Gasteiger charge is 2.16. The van der Waals surface area contributed by atoms with Crippen molar-refractivity contribution >= 4 is 33.4 Å². The summed E-state index contributed by atoms with van der Waals surface area (Å²) in [5.41, 5.74) is 1.11. The van der Waals surface area contributed by atoms with E-state index in [9.17, 15) is 13.2 Å². The Hall–Kier alpha value is -2.09. The summed E-state index contributed by atoms with van der Waals surface area (Å²) in [6.07, 6.45) is 6.65. The summed E-state index contributed by atoms with van der Waals surface area (Å²) in [4.78, 5) is 13.7. The molecule has 0 heterocycles. The van der Waals surface area contributed by atoms with Gasteiger partial charge in [-0.25, -0.2) is 13.1 Å². The van der Waals surface area contributed by atoms with Crippen LogP contribution in [0.4, 0.5) is 5.69 Å². The molecule has 7 heteroatoms. The number of amides is 1. The second-order valence-electron chi connectivity index (χ2n) is 6.67. The van der Waals surface area contributed by atoms with Crippen molar-refractivity contribution in [1.82, 2.24) is 4.72 Å². The highest BCUT2D eigenvalue weighted by molar-refractivity contribution is 8.00. The molecule has 1 aliphatic rings. The molecule has 1 amide bonds. The Bertz CT molecular complexity index is 917. The van der Waals surface area contributed by atoms with Crippen LogP contribution >= 0.6 is 11.8 Å². The Morgan fingerprint density at radius 3 is 2.32 bits per heavy atom. The molecular formula is C21H24N2O3S2. The van der Waals surface area contributed by atoms with Gasteiger partial charge in [-0.05, 0) is 61.4 Å². The molecule has 1 aliphatic carbocycles. The van der Waals surface area contributed by atoms with E-state index in [4.69, 9.17) is 0 Å². The molecule has 2 N–H and O–H groups in total. The van der Waals surface area contributed by atoms with E-state index in [1.165, 1.54) is 60.9 Å². The summed E-state index contributed by atoms with van der Waals surface area (Å²) in [6, 6.07) is 13.7. The smallest absolute Gasteiger partial charge is 0.255 e. The van der Waals surface area contributed by atoms with Crippen molar-refractivity contribution in [3.05, 3.63) is 66.7 Å². The average molecular weight is 417 g/mol. The summed E-state index contributed by atoms with van der Waals surface area (Å²) >= 11 is 1.90. The first-order chi connectivity index (χ1) is 13.5. The molecule has 28 heavy (non-hydrogen) atoms. The summed E-state index contributed by atoms with van der Waals surface area (Å²) in [7, 11) is -3.59. The van der Waals surface area contributed by atoms with Crippen LogP contribution in [0.15, 0.2) is 71.0 Å². The number of sulfonamides is 1. The molecule has 0 spiro atoms. The van der Waals surface area contributed by atoms with Crippen LogP contribution in [0.2, 0.25) is 0 Å². The van der Waals surface area contributed by atoms with E-state index in [-0.39, 0.29) is 17.3 Å². The predicted molar refractivity (Wildman–Crippen MR) is 114 cm³/mol. The topological polar surface area (TPSA) is 75.3 Å². The van der Waals surface area contributed by atoms with Crippen molar-refractivity contribution in [2.24, 2.45) is 0 Å². The first kappa shape index (κ1) is 20.6. The molecule has 0 unspecified atom stereocenters. The van der Waals surface area contributed by atoms with E-state index in [1.807, 2.05) is 36.0 Å². The number of hydrogen-bond donors (Lipinski definition) is 2. The molecule has 0 bridgehead atoms. The Labute approximate surface area is 170 Å². The highest BCUT2D eigenvalue weighted by atomic mass is 32.2. The van der Waals surface area contributed by atoms with Gasteiger partial charge in [-0.2, -0.15) is 0 Å². The van der Waals surface area contributed by atoms with Crippen LogP contribution in [0.3, 0.4) is 0 Å². The maximum atomic E-state index is 12.4. The van der Waals surface area contributed by atoms with E-state index in [2.05, 4.69) is 16.6 Å². The van der Waals surface area contributed by atoms with Gasteiger partial charge in [-0.1, -0.05) is 18.9 Å². The van der Waals surface area contributed by atoms with Crippen molar-refractivity contribution in [2.75, 3.05) is 11.9 Å². The van der Waals surface area contributed by atoms with E-state index < -0.39 is 10.0 Å². The number of thioether (sulfide) groups is 1. The lowest BCUT2D eigenvalue weighted by Gasteiger charge is -2.10. The SMILES string of the molecule is C=CCNS(=O)(=O)c1ccc(C(=O)Nc2ccc(SC3CCCC3)cc2)cc1. The van der Waals surface area contributed by atoms with E-state index in [1.54, 1.807) is 0 Å². The van der Waals surface area contributed by atoms with Crippen molar-refractivity contribution in [3.8, 4) is 0 Å². The highest BCUT2D eigenvalue weighted by Crippen LogP contribution is 2.35. The van der Waals surface area contributed by atoms with Crippen molar-refractivity contribution in [3.63, 3.8) is 0 Å². The number of anilines is 1. The summed E-state index contributed by atoms with van der Waals surface area (Å²) in [5, 5.41) is 3.55. The fourth-order valence-corrected chi connectivity index (χ4v) is 5.30. The summed E-state index contributed by atoms with van der Waals surface area (Å²) in [6.45, 7) is 3.64. The second kappa shape index (κ2) is 9.41. The predicted octanol–water partition coefficient (Wildman–Crippen LogP) is 4.44. The first-order valence-electron chi connectivity index (χ1n) is 9.26. The molecule has 0 aromatic heterocycles. The Kier molecular flexibility index (Phi) is 6.93. The fourth-order valence-electron chi connectivity index (χ4n) is 3.06. The zero-order chi connectivity index (χ0) is 20.0. The minimum Gasteiger partial charge on any atom is -0.322 e. The number of rotatable bonds is 8. The van der Waals surface area contributed by atoms with Crippen molar-refractivity contribution < 1.29 is 13.2 Å². The summed E-state index contributed by atoms with van der Waals surface area (Å²) < 4.78 is 26.5. The monoisotopic (exact) mass is 416 g/mol. The third-order valence-electron chi connectivity index (χ3n) is 4.56. The molecule has 1 saturated carbocycles. The Morgan fingerprint density at radius 1 is 1.07 bits per heavy atom. The molecule has 0 saturated heterocycles. The minimum absolute atomic E-state index is 0.110. The third kappa shape index (κ3) is 5.47. The summed E-state index contributed by atoms with van der Waals surface area (Å²) in [5.74, 6) is -0.279. The molecular weight excluding hydrogens is 392 g/mol. The van der Waals surface area contributed by atoms with Crippen LogP contribution in [0, 0.1) is 0 Å². The van der Waals surface area contributed by atoms with Crippen LogP contribution in [0.25, 0.3) is 0 Å². The van der Waals surface area contributed by atoms with Gasteiger partial charge in [0.15, 0.2) is 0 Å². The molecule has 1 fully saturated rings. The Morgan fingerprint density at radius 2 is 1.71 bits per heavy atom. The largest absolute Gasteiger partial charge is 0.322 e. The van der Waals surface area contributed by atoms with Crippen LogP contribution in [0.1, 0.15) is 36.0 Å².